The van der Waals surface area contributed by atoms with Crippen molar-refractivity contribution in [3.63, 3.8) is 0 Å². The van der Waals surface area contributed by atoms with Crippen LogP contribution in [0.5, 0.6) is 0 Å². The van der Waals surface area contributed by atoms with E-state index in [2.05, 4.69) is 13.8 Å². The van der Waals surface area contributed by atoms with Crippen LogP contribution in [0.2, 0.25) is 0 Å². The highest BCUT2D eigenvalue weighted by molar-refractivity contribution is 5.77. The molecule has 1 N–H and O–H groups in total. The number of hydrogen-bond donors (Lipinski definition) is 1. The van der Waals surface area contributed by atoms with Crippen LogP contribution in [0.15, 0.2) is 0 Å². The van der Waals surface area contributed by atoms with Gasteiger partial charge in [-0.15, -0.1) is 0 Å². The number of esters is 1. The van der Waals surface area contributed by atoms with Gasteiger partial charge in [-0.25, -0.2) is 0 Å². The molecule has 0 heterocycles. The van der Waals surface area contributed by atoms with Gasteiger partial charge in [0.1, 0.15) is 13.2 Å². The molecule has 3 nitrogen and oxygen atoms in total. The molecule has 0 aromatic carbocycles. The molecule has 0 aromatic heterocycles. The second-order valence-corrected chi connectivity index (χ2v) is 7.54. The standard InChI is InChI=1S/C17H29NO2/c1-3-18(4-2)5-6-20-16(19)17-10-13-7-14(11-17)9-15(8-13)12-17/h13-15H,3-12H2,1-2H3/p+1. The zero-order valence-corrected chi connectivity index (χ0v) is 13.1. The highest BCUT2D eigenvalue weighted by atomic mass is 16.5. The number of quaternary nitrogens is 1. The number of ether oxygens (including phenoxy) is 1. The molecule has 114 valence electrons. The third-order valence-electron chi connectivity index (χ3n) is 6.16. The molecule has 0 radical (unpaired) electrons. The fraction of sp³-hybridized carbons (Fsp3) is 0.941. The first-order valence-electron chi connectivity index (χ1n) is 8.66. The molecule has 0 unspecified atom stereocenters. The first-order valence-corrected chi connectivity index (χ1v) is 8.66. The van der Waals surface area contributed by atoms with Crippen molar-refractivity contribution in [3.05, 3.63) is 0 Å². The Labute approximate surface area is 123 Å². The fourth-order valence-electron chi connectivity index (χ4n) is 5.41. The van der Waals surface area contributed by atoms with Crippen LogP contribution in [0.4, 0.5) is 0 Å². The molecule has 0 amide bonds. The molecule has 4 saturated carbocycles. The van der Waals surface area contributed by atoms with Crippen molar-refractivity contribution in [2.45, 2.75) is 52.4 Å². The summed E-state index contributed by atoms with van der Waals surface area (Å²) in [4.78, 5) is 14.1. The number of nitrogens with one attached hydrogen (secondary N) is 1. The third-order valence-corrected chi connectivity index (χ3v) is 6.16. The van der Waals surface area contributed by atoms with E-state index in [4.69, 9.17) is 4.74 Å². The van der Waals surface area contributed by atoms with Gasteiger partial charge in [0.15, 0.2) is 0 Å². The van der Waals surface area contributed by atoms with Crippen molar-refractivity contribution in [3.8, 4) is 0 Å². The van der Waals surface area contributed by atoms with Gasteiger partial charge in [0.2, 0.25) is 0 Å². The normalized spacial score (nSPS) is 38.5. The Kier molecular flexibility index (Phi) is 4.07. The number of likely N-dealkylation sites (N-methyl/N-ethyl adjacent to an activating group) is 1. The number of carbonyl (C=O) groups excluding carboxylic acids is 1. The van der Waals surface area contributed by atoms with Gasteiger partial charge in [-0.1, -0.05) is 0 Å². The summed E-state index contributed by atoms with van der Waals surface area (Å²) in [5, 5.41) is 0. The van der Waals surface area contributed by atoms with E-state index in [1.54, 1.807) is 0 Å². The van der Waals surface area contributed by atoms with Crippen LogP contribution in [-0.2, 0) is 9.53 Å². The second-order valence-electron chi connectivity index (χ2n) is 7.54. The lowest BCUT2D eigenvalue weighted by molar-refractivity contribution is -0.896. The fourth-order valence-corrected chi connectivity index (χ4v) is 5.41. The first-order chi connectivity index (χ1) is 9.65. The summed E-state index contributed by atoms with van der Waals surface area (Å²) in [5.74, 6) is 2.61. The van der Waals surface area contributed by atoms with E-state index >= 15 is 0 Å². The van der Waals surface area contributed by atoms with E-state index in [9.17, 15) is 4.79 Å². The highest BCUT2D eigenvalue weighted by Gasteiger charge is 2.55. The molecule has 0 aromatic rings. The predicted molar refractivity (Wildman–Crippen MR) is 78.5 cm³/mol. The molecule has 0 saturated heterocycles. The van der Waals surface area contributed by atoms with Crippen molar-refractivity contribution in [1.82, 2.24) is 0 Å². The molecule has 0 atom stereocenters. The zero-order valence-electron chi connectivity index (χ0n) is 13.1. The van der Waals surface area contributed by atoms with E-state index in [0.717, 1.165) is 56.7 Å². The van der Waals surface area contributed by atoms with E-state index < -0.39 is 0 Å². The SMILES string of the molecule is CC[NH+](CC)CCOC(=O)C12CC3CC(CC(C3)C1)C2. The average molecular weight is 280 g/mol. The van der Waals surface area contributed by atoms with Gasteiger partial charge in [-0.05, 0) is 70.1 Å². The summed E-state index contributed by atoms with van der Waals surface area (Å²) in [7, 11) is 0. The van der Waals surface area contributed by atoms with Crippen LogP contribution in [0, 0.1) is 23.2 Å². The topological polar surface area (TPSA) is 30.7 Å². The lowest BCUT2D eigenvalue weighted by Crippen LogP contribution is -3.11. The Bertz CT molecular complexity index is 327. The van der Waals surface area contributed by atoms with Crippen molar-refractivity contribution in [2.24, 2.45) is 23.2 Å². The highest BCUT2D eigenvalue weighted by Crippen LogP contribution is 2.60. The van der Waals surface area contributed by atoms with Gasteiger partial charge in [0, 0.05) is 0 Å². The van der Waals surface area contributed by atoms with E-state index in [0.29, 0.717) is 6.61 Å². The summed E-state index contributed by atoms with van der Waals surface area (Å²) >= 11 is 0. The van der Waals surface area contributed by atoms with E-state index in [1.807, 2.05) is 0 Å². The molecule has 4 bridgehead atoms. The smallest absolute Gasteiger partial charge is 0.312 e. The van der Waals surface area contributed by atoms with Crippen LogP contribution >= 0.6 is 0 Å². The summed E-state index contributed by atoms with van der Waals surface area (Å²) in [6.07, 6.45) is 7.52. The van der Waals surface area contributed by atoms with Crippen LogP contribution in [0.3, 0.4) is 0 Å². The predicted octanol–water partition coefficient (Wildman–Crippen LogP) is 1.67. The molecular weight excluding hydrogens is 250 g/mol. The maximum atomic E-state index is 12.6. The summed E-state index contributed by atoms with van der Waals surface area (Å²) in [6, 6.07) is 0. The third kappa shape index (κ3) is 2.61. The first kappa shape index (κ1) is 14.4. The van der Waals surface area contributed by atoms with Gasteiger partial charge in [0.25, 0.3) is 0 Å². The maximum Gasteiger partial charge on any atom is 0.312 e. The summed E-state index contributed by atoms with van der Waals surface area (Å²) < 4.78 is 5.70. The number of carbonyl (C=O) groups is 1. The van der Waals surface area contributed by atoms with Crippen LogP contribution in [-0.4, -0.2) is 32.2 Å². The average Bonchev–Trinajstić information content (AvgIpc) is 2.42. The van der Waals surface area contributed by atoms with Crippen molar-refractivity contribution < 1.29 is 14.4 Å². The Balaban J connectivity index is 1.54. The lowest BCUT2D eigenvalue weighted by atomic mass is 9.49. The minimum absolute atomic E-state index is 0.0760. The minimum atomic E-state index is -0.0760. The van der Waals surface area contributed by atoms with Gasteiger partial charge < -0.3 is 9.64 Å². The largest absolute Gasteiger partial charge is 0.459 e. The van der Waals surface area contributed by atoms with Crippen molar-refractivity contribution in [1.29, 1.82) is 0 Å². The summed E-state index contributed by atoms with van der Waals surface area (Å²) in [5.41, 5.74) is -0.0760. The molecule has 4 aliphatic rings. The van der Waals surface area contributed by atoms with Crippen LogP contribution < -0.4 is 4.90 Å². The van der Waals surface area contributed by atoms with Crippen molar-refractivity contribution >= 4 is 5.97 Å². The Hall–Kier alpha value is -0.570. The molecule has 3 heteroatoms. The van der Waals surface area contributed by atoms with Crippen molar-refractivity contribution in [2.75, 3.05) is 26.2 Å². The molecule has 4 fully saturated rings. The maximum absolute atomic E-state index is 12.6. The quantitative estimate of drug-likeness (QED) is 0.750. The Morgan fingerprint density at radius 3 is 2.00 bits per heavy atom. The van der Waals surface area contributed by atoms with Gasteiger partial charge in [-0.2, -0.15) is 0 Å². The van der Waals surface area contributed by atoms with E-state index in [-0.39, 0.29) is 11.4 Å². The minimum Gasteiger partial charge on any atom is -0.459 e. The lowest BCUT2D eigenvalue weighted by Gasteiger charge is -2.55. The van der Waals surface area contributed by atoms with Gasteiger partial charge in [-0.3, -0.25) is 4.79 Å². The molecular formula is C17H30NO2+. The monoisotopic (exact) mass is 280 g/mol. The van der Waals surface area contributed by atoms with Crippen LogP contribution in [0.1, 0.15) is 52.4 Å². The number of hydrogen-bond acceptors (Lipinski definition) is 2. The van der Waals surface area contributed by atoms with E-state index in [1.165, 1.54) is 24.2 Å². The molecule has 20 heavy (non-hydrogen) atoms. The Morgan fingerprint density at radius 2 is 1.55 bits per heavy atom. The summed E-state index contributed by atoms with van der Waals surface area (Å²) in [6.45, 7) is 8.19. The second kappa shape index (κ2) is 5.67. The number of rotatable bonds is 6. The molecule has 4 aliphatic carbocycles. The van der Waals surface area contributed by atoms with Gasteiger partial charge in [0.05, 0.1) is 18.5 Å². The molecule has 4 rings (SSSR count). The zero-order chi connectivity index (χ0) is 14.2. The Morgan fingerprint density at radius 1 is 1.05 bits per heavy atom. The van der Waals surface area contributed by atoms with Gasteiger partial charge >= 0.3 is 5.97 Å². The molecule has 0 aliphatic heterocycles. The van der Waals surface area contributed by atoms with Crippen LogP contribution in [0.25, 0.3) is 0 Å². The molecule has 0 spiro atoms.